The Kier molecular flexibility index (Phi) is 4.87. The summed E-state index contributed by atoms with van der Waals surface area (Å²) in [7, 11) is -3.75. The Labute approximate surface area is 128 Å². The lowest BCUT2D eigenvalue weighted by Crippen LogP contribution is -2.49. The molecule has 0 saturated carbocycles. The summed E-state index contributed by atoms with van der Waals surface area (Å²) in [5, 5.41) is 9.34. The van der Waals surface area contributed by atoms with Crippen molar-refractivity contribution in [2.75, 3.05) is 0 Å². The molecule has 0 heterocycles. The maximum absolute atomic E-state index is 12.8. The molecule has 0 unspecified atom stereocenters. The molecule has 1 N–H and O–H groups in total. The average Bonchev–Trinajstić information content (AvgIpc) is 2.35. The lowest BCUT2D eigenvalue weighted by molar-refractivity contribution is 0.388. The van der Waals surface area contributed by atoms with Gasteiger partial charge >= 0.3 is 0 Å². The molecule has 1 aromatic carbocycles. The monoisotopic (exact) mass is 308 g/mol. The number of rotatable bonds is 4. The van der Waals surface area contributed by atoms with Gasteiger partial charge in [0.05, 0.1) is 11.0 Å². The Hall–Kier alpha value is -1.38. The molecule has 0 bridgehead atoms. The van der Waals surface area contributed by atoms with E-state index >= 15 is 0 Å². The number of nitrogens with one attached hydrogen (secondary N) is 1. The lowest BCUT2D eigenvalue weighted by Gasteiger charge is -2.28. The van der Waals surface area contributed by atoms with Crippen LogP contribution in [0.1, 0.15) is 43.0 Å². The fourth-order valence-electron chi connectivity index (χ4n) is 2.18. The highest BCUT2D eigenvalue weighted by Crippen LogP contribution is 2.28. The van der Waals surface area contributed by atoms with Crippen LogP contribution in [-0.2, 0) is 10.0 Å². The van der Waals surface area contributed by atoms with Gasteiger partial charge in [0.2, 0.25) is 10.0 Å². The summed E-state index contributed by atoms with van der Waals surface area (Å²) >= 11 is 0. The van der Waals surface area contributed by atoms with Gasteiger partial charge in [-0.25, -0.2) is 8.42 Å². The molecule has 1 rings (SSSR count). The van der Waals surface area contributed by atoms with E-state index in [4.69, 9.17) is 0 Å². The molecule has 0 fully saturated rings. The molecule has 0 aliphatic rings. The van der Waals surface area contributed by atoms with E-state index in [2.05, 4.69) is 10.8 Å². The van der Waals surface area contributed by atoms with Crippen LogP contribution in [0.3, 0.4) is 0 Å². The normalized spacial score (nSPS) is 14.8. The maximum Gasteiger partial charge on any atom is 0.242 e. The number of nitriles is 1. The van der Waals surface area contributed by atoms with Crippen molar-refractivity contribution < 1.29 is 8.42 Å². The van der Waals surface area contributed by atoms with Crippen molar-refractivity contribution in [3.8, 4) is 6.07 Å². The van der Waals surface area contributed by atoms with E-state index in [0.717, 1.165) is 22.3 Å². The predicted molar refractivity (Wildman–Crippen MR) is 84.6 cm³/mol. The zero-order valence-electron chi connectivity index (χ0n) is 13.8. The van der Waals surface area contributed by atoms with Crippen LogP contribution in [0.4, 0.5) is 0 Å². The smallest absolute Gasteiger partial charge is 0.207 e. The lowest BCUT2D eigenvalue weighted by atomic mass is 9.92. The second-order valence-corrected chi connectivity index (χ2v) is 7.78. The Morgan fingerprint density at radius 3 is 1.90 bits per heavy atom. The maximum atomic E-state index is 12.8. The number of benzene rings is 1. The SMILES string of the molecule is Cc1cc(C)c(C)c(S(=O)(=O)N[C@](C)(C#N)C(C)C)c1C. The van der Waals surface area contributed by atoms with Crippen LogP contribution in [0.25, 0.3) is 0 Å². The molecule has 0 spiro atoms. The largest absolute Gasteiger partial charge is 0.242 e. The molecule has 4 nitrogen and oxygen atoms in total. The van der Waals surface area contributed by atoms with E-state index < -0.39 is 15.6 Å². The van der Waals surface area contributed by atoms with Crippen LogP contribution >= 0.6 is 0 Å². The third kappa shape index (κ3) is 3.28. The fraction of sp³-hybridized carbons (Fsp3) is 0.562. The molecule has 0 radical (unpaired) electrons. The quantitative estimate of drug-likeness (QED) is 0.929. The number of nitrogens with zero attached hydrogens (tertiary/aromatic N) is 1. The van der Waals surface area contributed by atoms with E-state index in [0.29, 0.717) is 4.90 Å². The molecule has 0 aromatic heterocycles. The van der Waals surface area contributed by atoms with Crippen molar-refractivity contribution >= 4 is 10.0 Å². The van der Waals surface area contributed by atoms with Crippen molar-refractivity contribution in [2.45, 2.75) is 58.9 Å². The molecule has 116 valence electrons. The molecular formula is C16H24N2O2S. The Balaban J connectivity index is 3.51. The molecule has 0 saturated heterocycles. The van der Waals surface area contributed by atoms with E-state index in [1.54, 1.807) is 20.8 Å². The van der Waals surface area contributed by atoms with Crippen LogP contribution < -0.4 is 4.72 Å². The van der Waals surface area contributed by atoms with Gasteiger partial charge in [0.1, 0.15) is 5.54 Å². The van der Waals surface area contributed by atoms with Crippen LogP contribution in [0.5, 0.6) is 0 Å². The van der Waals surface area contributed by atoms with Gasteiger partial charge in [0, 0.05) is 0 Å². The summed E-state index contributed by atoms with van der Waals surface area (Å²) in [5.41, 5.74) is 2.20. The summed E-state index contributed by atoms with van der Waals surface area (Å²) in [6.45, 7) is 12.7. The second kappa shape index (κ2) is 5.78. The second-order valence-electron chi connectivity index (χ2n) is 6.16. The molecule has 5 heteroatoms. The fourth-order valence-corrected chi connectivity index (χ4v) is 4.25. The van der Waals surface area contributed by atoms with Crippen molar-refractivity contribution in [2.24, 2.45) is 5.92 Å². The molecule has 0 amide bonds. The van der Waals surface area contributed by atoms with Gasteiger partial charge in [0.15, 0.2) is 0 Å². The minimum absolute atomic E-state index is 0.135. The highest BCUT2D eigenvalue weighted by molar-refractivity contribution is 7.89. The zero-order chi connectivity index (χ0) is 16.6. The summed E-state index contributed by atoms with van der Waals surface area (Å²) in [5.74, 6) is -0.135. The van der Waals surface area contributed by atoms with Gasteiger partial charge in [-0.2, -0.15) is 9.98 Å². The van der Waals surface area contributed by atoms with E-state index in [9.17, 15) is 13.7 Å². The summed E-state index contributed by atoms with van der Waals surface area (Å²) in [6.07, 6.45) is 0. The van der Waals surface area contributed by atoms with Crippen LogP contribution in [0.15, 0.2) is 11.0 Å². The first-order chi connectivity index (χ1) is 9.46. The van der Waals surface area contributed by atoms with E-state index in [1.165, 1.54) is 0 Å². The molecule has 1 aromatic rings. The minimum Gasteiger partial charge on any atom is -0.207 e. The predicted octanol–water partition coefficient (Wildman–Crippen LogP) is 3.14. The van der Waals surface area contributed by atoms with Crippen LogP contribution in [0, 0.1) is 44.9 Å². The van der Waals surface area contributed by atoms with Gasteiger partial charge in [-0.1, -0.05) is 19.9 Å². The Morgan fingerprint density at radius 1 is 1.14 bits per heavy atom. The van der Waals surface area contributed by atoms with E-state index in [1.807, 2.05) is 33.8 Å². The minimum atomic E-state index is -3.75. The highest BCUT2D eigenvalue weighted by Gasteiger charge is 2.35. The first-order valence-electron chi connectivity index (χ1n) is 6.99. The van der Waals surface area contributed by atoms with Crippen LogP contribution in [0.2, 0.25) is 0 Å². The number of hydrogen-bond acceptors (Lipinski definition) is 3. The van der Waals surface area contributed by atoms with Gasteiger partial charge in [-0.05, 0) is 62.8 Å². The summed E-state index contributed by atoms with van der Waals surface area (Å²) in [4.78, 5) is 0.294. The first kappa shape index (κ1) is 17.7. The summed E-state index contributed by atoms with van der Waals surface area (Å²) in [6, 6.07) is 4.06. The standard InChI is InChI=1S/C16H24N2O2S/c1-10(2)16(7,9-17)18-21(19,20)15-13(5)11(3)8-12(4)14(15)6/h8,10,18H,1-7H3/t16-/m1/s1. The Bertz CT molecular complexity index is 674. The molecule has 21 heavy (non-hydrogen) atoms. The third-order valence-electron chi connectivity index (χ3n) is 4.30. The van der Waals surface area contributed by atoms with Crippen LogP contribution in [-0.4, -0.2) is 14.0 Å². The highest BCUT2D eigenvalue weighted by atomic mass is 32.2. The molecule has 0 aliphatic carbocycles. The topological polar surface area (TPSA) is 70.0 Å². The number of sulfonamides is 1. The van der Waals surface area contributed by atoms with Crippen molar-refractivity contribution in [1.82, 2.24) is 4.72 Å². The van der Waals surface area contributed by atoms with Gasteiger partial charge in [0.25, 0.3) is 0 Å². The van der Waals surface area contributed by atoms with Crippen molar-refractivity contribution in [3.63, 3.8) is 0 Å². The van der Waals surface area contributed by atoms with Crippen molar-refractivity contribution in [1.29, 1.82) is 5.26 Å². The average molecular weight is 308 g/mol. The summed E-state index contributed by atoms with van der Waals surface area (Å²) < 4.78 is 28.2. The van der Waals surface area contributed by atoms with Gasteiger partial charge < -0.3 is 0 Å². The first-order valence-corrected chi connectivity index (χ1v) is 8.47. The van der Waals surface area contributed by atoms with E-state index in [-0.39, 0.29) is 5.92 Å². The third-order valence-corrected chi connectivity index (χ3v) is 6.14. The van der Waals surface area contributed by atoms with Gasteiger partial charge in [-0.15, -0.1) is 0 Å². The van der Waals surface area contributed by atoms with Crippen molar-refractivity contribution in [3.05, 3.63) is 28.3 Å². The Morgan fingerprint density at radius 2 is 1.57 bits per heavy atom. The molecule has 0 aliphatic heterocycles. The number of hydrogen-bond donors (Lipinski definition) is 1. The van der Waals surface area contributed by atoms with Gasteiger partial charge in [-0.3, -0.25) is 0 Å². The number of aryl methyl sites for hydroxylation is 2. The zero-order valence-corrected chi connectivity index (χ0v) is 14.6. The molecular weight excluding hydrogens is 284 g/mol. The molecule has 1 atom stereocenters.